The highest BCUT2D eigenvalue weighted by Crippen LogP contribution is 2.41. The van der Waals surface area contributed by atoms with Crippen molar-refractivity contribution in [3.05, 3.63) is 0 Å². The molecule has 0 radical (unpaired) electrons. The lowest BCUT2D eigenvalue weighted by Gasteiger charge is -2.38. The Balaban J connectivity index is 5.13. The number of rotatable bonds is 20. The van der Waals surface area contributed by atoms with E-state index in [1.807, 2.05) is 0 Å². The molecule has 3 atom stereocenters. The highest BCUT2D eigenvalue weighted by molar-refractivity contribution is 7.39. The Kier molecular flexibility index (Phi) is 17.5. The second-order valence-electron chi connectivity index (χ2n) is 9.60. The van der Waals surface area contributed by atoms with Crippen LogP contribution in [0.5, 0.6) is 0 Å². The van der Waals surface area contributed by atoms with Gasteiger partial charge in [0.1, 0.15) is 6.23 Å². The molecule has 0 spiro atoms. The van der Waals surface area contributed by atoms with Crippen molar-refractivity contribution in [1.82, 2.24) is 4.90 Å². The zero-order valence-electron chi connectivity index (χ0n) is 23.6. The third-order valence-electron chi connectivity index (χ3n) is 5.08. The molecule has 8 heteroatoms. The predicted octanol–water partition coefficient (Wildman–Crippen LogP) is 6.47. The van der Waals surface area contributed by atoms with Gasteiger partial charge < -0.3 is 23.7 Å². The molecule has 200 valence electrons. The first kappa shape index (κ1) is 33.6. The minimum atomic E-state index is -0.500. The summed E-state index contributed by atoms with van der Waals surface area (Å²) in [7, 11) is 2.91. The summed E-state index contributed by atoms with van der Waals surface area (Å²) >= 11 is 0. The minimum absolute atomic E-state index is 0.0562. The molecule has 0 N–H and O–H groups in total. The maximum absolute atomic E-state index is 6.29. The Bertz CT molecular complexity index is 433. The molecule has 0 fully saturated rings. The Labute approximate surface area is 209 Å². The van der Waals surface area contributed by atoms with Crippen molar-refractivity contribution in [1.29, 1.82) is 0 Å². The average molecular weight is 512 g/mol. The standard InChI is InChI=1S/C25H55NO5P2/c1-13-24(28-19(3)4,29-20(5)6)32-17-15-26(23(11)27-12)16-18-33-25(14-2,30-21(7)8)31-22(9)10/h19-23,32-33H,13-18H2,1-12H3. The molecule has 33 heavy (non-hydrogen) atoms. The summed E-state index contributed by atoms with van der Waals surface area (Å²) in [5.41, 5.74) is -1.00. The van der Waals surface area contributed by atoms with E-state index in [0.29, 0.717) is 17.2 Å². The SMILES string of the molecule is CCC(OC(C)C)(OC(C)C)PCCN(CCPC(CC)(OC(C)C)OC(C)C)C(C)OC. The van der Waals surface area contributed by atoms with Crippen LogP contribution in [0.3, 0.4) is 0 Å². The Morgan fingerprint density at radius 2 is 0.909 bits per heavy atom. The van der Waals surface area contributed by atoms with Crippen LogP contribution in [0.15, 0.2) is 0 Å². The van der Waals surface area contributed by atoms with Crippen LogP contribution in [0.4, 0.5) is 0 Å². The van der Waals surface area contributed by atoms with Crippen LogP contribution >= 0.6 is 17.2 Å². The van der Waals surface area contributed by atoms with Crippen LogP contribution in [0.25, 0.3) is 0 Å². The summed E-state index contributed by atoms with van der Waals surface area (Å²) in [6.45, 7) is 25.0. The average Bonchev–Trinajstić information content (AvgIpc) is 2.69. The first-order valence-corrected chi connectivity index (χ1v) is 15.2. The van der Waals surface area contributed by atoms with Crippen LogP contribution in [0, 0.1) is 0 Å². The van der Waals surface area contributed by atoms with E-state index in [9.17, 15) is 0 Å². The lowest BCUT2D eigenvalue weighted by Crippen LogP contribution is -2.41. The molecule has 0 aromatic rings. The van der Waals surface area contributed by atoms with E-state index in [-0.39, 0.29) is 30.6 Å². The van der Waals surface area contributed by atoms with E-state index in [4.69, 9.17) is 23.7 Å². The number of methoxy groups -OCH3 is 1. The highest BCUT2D eigenvalue weighted by atomic mass is 31.1. The topological polar surface area (TPSA) is 49.4 Å². The summed E-state index contributed by atoms with van der Waals surface area (Å²) < 4.78 is 30.9. The van der Waals surface area contributed by atoms with Gasteiger partial charge in [-0.05, 0) is 74.6 Å². The zero-order valence-corrected chi connectivity index (χ0v) is 25.6. The van der Waals surface area contributed by atoms with Gasteiger partial charge in [-0.1, -0.05) is 31.0 Å². The van der Waals surface area contributed by atoms with Gasteiger partial charge in [-0.3, -0.25) is 4.90 Å². The fourth-order valence-electron chi connectivity index (χ4n) is 3.73. The molecule has 0 heterocycles. The summed E-state index contributed by atoms with van der Waals surface area (Å²) in [5.74, 6) is 0. The highest BCUT2D eigenvalue weighted by Gasteiger charge is 2.34. The van der Waals surface area contributed by atoms with Crippen LogP contribution < -0.4 is 0 Å². The summed E-state index contributed by atoms with van der Waals surface area (Å²) in [4.78, 5) is 2.41. The lowest BCUT2D eigenvalue weighted by molar-refractivity contribution is -0.211. The van der Waals surface area contributed by atoms with E-state index >= 15 is 0 Å². The van der Waals surface area contributed by atoms with Crippen molar-refractivity contribution in [3.63, 3.8) is 0 Å². The summed E-state index contributed by atoms with van der Waals surface area (Å²) in [5, 5.41) is 0. The maximum Gasteiger partial charge on any atom is 0.184 e. The van der Waals surface area contributed by atoms with Crippen LogP contribution in [-0.4, -0.2) is 79.1 Å². The van der Waals surface area contributed by atoms with Gasteiger partial charge in [-0.15, -0.1) is 0 Å². The molecular formula is C25H55NO5P2. The van der Waals surface area contributed by atoms with Gasteiger partial charge in [0.2, 0.25) is 0 Å². The molecule has 6 nitrogen and oxygen atoms in total. The largest absolute Gasteiger partial charge is 0.367 e. The molecule has 0 rings (SSSR count). The normalized spacial score (nSPS) is 15.2. The lowest BCUT2D eigenvalue weighted by atomic mass is 10.4. The van der Waals surface area contributed by atoms with Gasteiger partial charge in [-0.2, -0.15) is 0 Å². The Hall–Kier alpha value is 0.620. The quantitative estimate of drug-likeness (QED) is 0.138. The maximum atomic E-state index is 6.29. The molecule has 0 aliphatic rings. The van der Waals surface area contributed by atoms with Gasteiger partial charge >= 0.3 is 0 Å². The van der Waals surface area contributed by atoms with Crippen molar-refractivity contribution in [3.8, 4) is 0 Å². The molecule has 0 amide bonds. The van der Waals surface area contributed by atoms with Crippen molar-refractivity contribution < 1.29 is 23.7 Å². The van der Waals surface area contributed by atoms with Crippen molar-refractivity contribution in [2.45, 2.75) is 131 Å². The number of hydrogen-bond acceptors (Lipinski definition) is 6. The van der Waals surface area contributed by atoms with Gasteiger partial charge in [-0.25, -0.2) is 0 Å². The van der Waals surface area contributed by atoms with Gasteiger partial charge in [0.05, 0.1) is 24.4 Å². The first-order valence-electron chi connectivity index (χ1n) is 12.8. The second-order valence-corrected chi connectivity index (χ2v) is 12.8. The predicted molar refractivity (Wildman–Crippen MR) is 145 cm³/mol. The molecule has 0 bridgehead atoms. The van der Waals surface area contributed by atoms with Crippen LogP contribution in [0.1, 0.15) is 89.0 Å². The fraction of sp³-hybridized carbons (Fsp3) is 1.00. The number of nitrogens with zero attached hydrogens (tertiary/aromatic N) is 1. The van der Waals surface area contributed by atoms with E-state index in [0.717, 1.165) is 38.3 Å². The van der Waals surface area contributed by atoms with Crippen LogP contribution in [-0.2, 0) is 23.7 Å². The van der Waals surface area contributed by atoms with Crippen molar-refractivity contribution in [2.24, 2.45) is 0 Å². The first-order chi connectivity index (χ1) is 15.3. The van der Waals surface area contributed by atoms with Gasteiger partial charge in [0, 0.05) is 33.0 Å². The molecular weight excluding hydrogens is 456 g/mol. The third-order valence-corrected chi connectivity index (χ3v) is 8.28. The molecule has 0 aliphatic carbocycles. The van der Waals surface area contributed by atoms with Gasteiger partial charge in [0.25, 0.3) is 0 Å². The van der Waals surface area contributed by atoms with Gasteiger partial charge in [0.15, 0.2) is 11.1 Å². The number of ether oxygens (including phenoxy) is 5. The summed E-state index contributed by atoms with van der Waals surface area (Å²) in [6.07, 6.45) is 4.31. The van der Waals surface area contributed by atoms with Crippen molar-refractivity contribution in [2.75, 3.05) is 32.5 Å². The molecule has 0 saturated carbocycles. The smallest absolute Gasteiger partial charge is 0.184 e. The van der Waals surface area contributed by atoms with Crippen LogP contribution in [0.2, 0.25) is 0 Å². The molecule has 0 aliphatic heterocycles. The molecule has 0 aromatic carbocycles. The Morgan fingerprint density at radius 3 is 1.12 bits per heavy atom. The fourth-order valence-corrected chi connectivity index (χ4v) is 7.07. The minimum Gasteiger partial charge on any atom is -0.367 e. The Morgan fingerprint density at radius 1 is 0.606 bits per heavy atom. The second kappa shape index (κ2) is 17.1. The van der Waals surface area contributed by atoms with E-state index in [1.165, 1.54) is 0 Å². The molecule has 0 saturated heterocycles. The third kappa shape index (κ3) is 14.1. The van der Waals surface area contributed by atoms with Crippen molar-refractivity contribution >= 4 is 17.2 Å². The molecule has 3 unspecified atom stereocenters. The van der Waals surface area contributed by atoms with E-state index in [2.05, 4.69) is 81.1 Å². The monoisotopic (exact) mass is 511 g/mol. The summed E-state index contributed by atoms with van der Waals surface area (Å²) in [6, 6.07) is 0. The molecule has 0 aromatic heterocycles. The van der Waals surface area contributed by atoms with E-state index < -0.39 is 11.1 Å². The number of hydrogen-bond donors (Lipinski definition) is 0. The van der Waals surface area contributed by atoms with E-state index in [1.54, 1.807) is 7.11 Å². The zero-order chi connectivity index (χ0) is 25.7.